The summed E-state index contributed by atoms with van der Waals surface area (Å²) in [7, 11) is 3.18. The average molecular weight is 289 g/mol. The highest BCUT2D eigenvalue weighted by molar-refractivity contribution is 5.66. The van der Waals surface area contributed by atoms with Crippen LogP contribution in [0.25, 0.3) is 11.3 Å². The number of hydrogen-bond acceptors (Lipinski definition) is 5. The number of ether oxygens (including phenoxy) is 2. The summed E-state index contributed by atoms with van der Waals surface area (Å²) in [5, 5.41) is 17.6. The van der Waals surface area contributed by atoms with Crippen LogP contribution in [0.2, 0.25) is 0 Å². The fourth-order valence-electron chi connectivity index (χ4n) is 2.08. The number of allylic oxidation sites excluding steroid dienone is 1. The summed E-state index contributed by atoms with van der Waals surface area (Å²) in [6.45, 7) is 6.14. The molecule has 0 atom stereocenters. The second-order valence-electron chi connectivity index (χ2n) is 4.76. The van der Waals surface area contributed by atoms with Gasteiger partial charge in [0.2, 0.25) is 0 Å². The average Bonchev–Trinajstić information content (AvgIpc) is 2.88. The summed E-state index contributed by atoms with van der Waals surface area (Å²) in [5.74, 6) is 1.33. The molecule has 0 saturated carbocycles. The van der Waals surface area contributed by atoms with E-state index in [4.69, 9.17) is 9.47 Å². The Morgan fingerprint density at radius 2 is 1.86 bits per heavy atom. The lowest BCUT2D eigenvalue weighted by atomic mass is 10.1. The molecule has 0 unspecified atom stereocenters. The van der Waals surface area contributed by atoms with Crippen molar-refractivity contribution in [3.05, 3.63) is 36.0 Å². The SMILES string of the molecule is C=C(C)Cn1nnc(CO)c1-c1cc(OC)cc(OC)c1. The highest BCUT2D eigenvalue weighted by Crippen LogP contribution is 2.31. The minimum atomic E-state index is -0.189. The highest BCUT2D eigenvalue weighted by atomic mass is 16.5. The van der Waals surface area contributed by atoms with Gasteiger partial charge in [0, 0.05) is 11.6 Å². The van der Waals surface area contributed by atoms with E-state index in [9.17, 15) is 5.11 Å². The van der Waals surface area contributed by atoms with Crippen LogP contribution in [0.1, 0.15) is 12.6 Å². The fourth-order valence-corrected chi connectivity index (χ4v) is 2.08. The Bertz CT molecular complexity index is 627. The third-order valence-electron chi connectivity index (χ3n) is 3.00. The van der Waals surface area contributed by atoms with E-state index in [1.807, 2.05) is 19.1 Å². The molecule has 1 N–H and O–H groups in total. The first kappa shape index (κ1) is 15.1. The first-order valence-corrected chi connectivity index (χ1v) is 6.50. The maximum Gasteiger partial charge on any atom is 0.123 e. The largest absolute Gasteiger partial charge is 0.497 e. The van der Waals surface area contributed by atoms with Crippen LogP contribution in [0.5, 0.6) is 11.5 Å². The Morgan fingerprint density at radius 3 is 2.33 bits per heavy atom. The number of methoxy groups -OCH3 is 2. The molecule has 1 heterocycles. The van der Waals surface area contributed by atoms with Gasteiger partial charge in [-0.15, -0.1) is 5.10 Å². The maximum atomic E-state index is 9.48. The fraction of sp³-hybridized carbons (Fsp3) is 0.333. The van der Waals surface area contributed by atoms with E-state index in [0.717, 1.165) is 16.8 Å². The summed E-state index contributed by atoms with van der Waals surface area (Å²) < 4.78 is 12.3. The number of hydrogen-bond donors (Lipinski definition) is 1. The van der Waals surface area contributed by atoms with Crippen molar-refractivity contribution in [3.8, 4) is 22.8 Å². The molecule has 0 aliphatic carbocycles. The van der Waals surface area contributed by atoms with Crippen molar-refractivity contribution in [1.82, 2.24) is 15.0 Å². The maximum absolute atomic E-state index is 9.48. The van der Waals surface area contributed by atoms with E-state index in [1.54, 1.807) is 25.0 Å². The molecule has 0 fully saturated rings. The third kappa shape index (κ3) is 3.22. The standard InChI is InChI=1S/C15H19N3O3/c1-10(2)8-18-15(14(9-19)16-17-18)11-5-12(20-3)7-13(6-11)21-4/h5-7,19H,1,8-9H2,2-4H3. The van der Waals surface area contributed by atoms with Crippen LogP contribution in [0.4, 0.5) is 0 Å². The lowest BCUT2D eigenvalue weighted by Gasteiger charge is -2.11. The zero-order valence-corrected chi connectivity index (χ0v) is 12.5. The van der Waals surface area contributed by atoms with Crippen molar-refractivity contribution in [2.75, 3.05) is 14.2 Å². The van der Waals surface area contributed by atoms with E-state index in [2.05, 4.69) is 16.9 Å². The predicted molar refractivity (Wildman–Crippen MR) is 79.3 cm³/mol. The van der Waals surface area contributed by atoms with Crippen LogP contribution in [-0.4, -0.2) is 34.3 Å². The zero-order valence-electron chi connectivity index (χ0n) is 12.5. The van der Waals surface area contributed by atoms with Gasteiger partial charge in [0.15, 0.2) is 0 Å². The molecule has 0 aliphatic heterocycles. The van der Waals surface area contributed by atoms with E-state index in [0.29, 0.717) is 23.7 Å². The zero-order chi connectivity index (χ0) is 15.4. The second kappa shape index (κ2) is 6.41. The van der Waals surface area contributed by atoms with Gasteiger partial charge >= 0.3 is 0 Å². The molecule has 0 bridgehead atoms. The summed E-state index contributed by atoms with van der Waals surface area (Å²) in [4.78, 5) is 0. The van der Waals surface area contributed by atoms with Crippen molar-refractivity contribution in [1.29, 1.82) is 0 Å². The van der Waals surface area contributed by atoms with E-state index < -0.39 is 0 Å². The van der Waals surface area contributed by atoms with Crippen molar-refractivity contribution in [3.63, 3.8) is 0 Å². The van der Waals surface area contributed by atoms with Gasteiger partial charge in [0.05, 0.1) is 33.1 Å². The third-order valence-corrected chi connectivity index (χ3v) is 3.00. The van der Waals surface area contributed by atoms with E-state index in [1.165, 1.54) is 0 Å². The number of benzene rings is 1. The summed E-state index contributed by atoms with van der Waals surface area (Å²) >= 11 is 0. The Morgan fingerprint density at radius 1 is 1.24 bits per heavy atom. The molecule has 1 aromatic carbocycles. The lowest BCUT2D eigenvalue weighted by molar-refractivity contribution is 0.277. The predicted octanol–water partition coefficient (Wildman–Crippen LogP) is 2.03. The number of rotatable bonds is 6. The number of aromatic nitrogens is 3. The van der Waals surface area contributed by atoms with Gasteiger partial charge < -0.3 is 14.6 Å². The first-order valence-electron chi connectivity index (χ1n) is 6.50. The molecular weight excluding hydrogens is 270 g/mol. The Hall–Kier alpha value is -2.34. The van der Waals surface area contributed by atoms with Crippen molar-refractivity contribution >= 4 is 0 Å². The second-order valence-corrected chi connectivity index (χ2v) is 4.76. The number of aliphatic hydroxyl groups excluding tert-OH is 1. The monoisotopic (exact) mass is 289 g/mol. The quantitative estimate of drug-likeness (QED) is 0.824. The van der Waals surface area contributed by atoms with Gasteiger partial charge in [-0.3, -0.25) is 0 Å². The van der Waals surface area contributed by atoms with Gasteiger partial charge in [0.25, 0.3) is 0 Å². The number of nitrogens with zero attached hydrogens (tertiary/aromatic N) is 3. The van der Waals surface area contributed by atoms with Crippen molar-refractivity contribution in [2.24, 2.45) is 0 Å². The normalized spacial score (nSPS) is 10.5. The van der Waals surface area contributed by atoms with Gasteiger partial charge in [-0.25, -0.2) is 4.68 Å². The first-order chi connectivity index (χ1) is 10.1. The highest BCUT2D eigenvalue weighted by Gasteiger charge is 2.16. The van der Waals surface area contributed by atoms with Crippen LogP contribution in [0.15, 0.2) is 30.4 Å². The van der Waals surface area contributed by atoms with E-state index >= 15 is 0 Å². The molecule has 112 valence electrons. The van der Waals surface area contributed by atoms with Crippen LogP contribution in [0, 0.1) is 0 Å². The molecule has 0 spiro atoms. The molecule has 2 rings (SSSR count). The van der Waals surface area contributed by atoms with Gasteiger partial charge in [-0.1, -0.05) is 17.4 Å². The molecule has 1 aromatic heterocycles. The van der Waals surface area contributed by atoms with Gasteiger partial charge in [-0.05, 0) is 19.1 Å². The smallest absolute Gasteiger partial charge is 0.123 e. The molecule has 0 saturated heterocycles. The molecule has 2 aromatic rings. The van der Waals surface area contributed by atoms with Crippen LogP contribution in [-0.2, 0) is 13.2 Å². The topological polar surface area (TPSA) is 69.4 Å². The minimum absolute atomic E-state index is 0.189. The van der Waals surface area contributed by atoms with Crippen LogP contribution in [0.3, 0.4) is 0 Å². The lowest BCUT2D eigenvalue weighted by Crippen LogP contribution is -2.04. The molecule has 0 aliphatic rings. The Balaban J connectivity index is 2.58. The Kier molecular flexibility index (Phi) is 4.59. The number of aliphatic hydroxyl groups is 1. The molecule has 0 radical (unpaired) electrons. The summed E-state index contributed by atoms with van der Waals surface area (Å²) in [6.07, 6.45) is 0. The van der Waals surface area contributed by atoms with Gasteiger partial charge in [-0.2, -0.15) is 0 Å². The minimum Gasteiger partial charge on any atom is -0.497 e. The van der Waals surface area contributed by atoms with Crippen molar-refractivity contribution < 1.29 is 14.6 Å². The molecule has 6 heteroatoms. The molecular formula is C15H19N3O3. The summed E-state index contributed by atoms with van der Waals surface area (Å²) in [5.41, 5.74) is 3.01. The van der Waals surface area contributed by atoms with Crippen molar-refractivity contribution in [2.45, 2.75) is 20.1 Å². The van der Waals surface area contributed by atoms with Crippen LogP contribution < -0.4 is 9.47 Å². The molecule has 0 amide bonds. The Labute approximate surface area is 123 Å². The summed E-state index contributed by atoms with van der Waals surface area (Å²) in [6, 6.07) is 5.50. The van der Waals surface area contributed by atoms with E-state index in [-0.39, 0.29) is 6.61 Å². The van der Waals surface area contributed by atoms with Gasteiger partial charge in [0.1, 0.15) is 17.2 Å². The molecule has 21 heavy (non-hydrogen) atoms. The molecule has 6 nitrogen and oxygen atoms in total. The van der Waals surface area contributed by atoms with Crippen LogP contribution >= 0.6 is 0 Å².